The minimum atomic E-state index is -0.400. The fourth-order valence-electron chi connectivity index (χ4n) is 1.45. The van der Waals surface area contributed by atoms with Gasteiger partial charge in [-0.15, -0.1) is 0 Å². The topological polar surface area (TPSA) is 41.9 Å². The van der Waals surface area contributed by atoms with Crippen LogP contribution in [0.5, 0.6) is 0 Å². The van der Waals surface area contributed by atoms with Crippen LogP contribution in [0.15, 0.2) is 29.4 Å². The van der Waals surface area contributed by atoms with E-state index in [2.05, 4.69) is 5.10 Å². The first-order valence-electron chi connectivity index (χ1n) is 4.87. The molecule has 0 aliphatic carbocycles. The third kappa shape index (κ3) is 1.98. The molecule has 0 saturated heterocycles. The molecule has 1 heterocycles. The number of hydrogen-bond donors (Lipinski definition) is 0. The van der Waals surface area contributed by atoms with E-state index >= 15 is 0 Å². The van der Waals surface area contributed by atoms with Crippen molar-refractivity contribution in [2.24, 2.45) is 5.10 Å². The number of fused-ring (bicyclic) bond motifs is 1. The zero-order valence-electron chi connectivity index (χ0n) is 8.51. The summed E-state index contributed by atoms with van der Waals surface area (Å²) in [7, 11) is 0. The van der Waals surface area contributed by atoms with E-state index in [-0.39, 0.29) is 0 Å². The second-order valence-electron chi connectivity index (χ2n) is 3.20. The molecule has 0 fully saturated rings. The van der Waals surface area contributed by atoms with Gasteiger partial charge in [-0.05, 0) is 18.1 Å². The SMILES string of the molecule is CCOC(=O)N1Cc2ccccc2C=N1. The average Bonchev–Trinajstić information content (AvgIpc) is 2.29. The van der Waals surface area contributed by atoms with Crippen LogP contribution in [0.3, 0.4) is 0 Å². The van der Waals surface area contributed by atoms with Crippen molar-refractivity contribution in [3.63, 3.8) is 0 Å². The van der Waals surface area contributed by atoms with E-state index in [4.69, 9.17) is 4.74 Å². The molecule has 0 spiro atoms. The van der Waals surface area contributed by atoms with Crippen molar-refractivity contribution in [1.82, 2.24) is 5.01 Å². The van der Waals surface area contributed by atoms with Gasteiger partial charge in [-0.3, -0.25) is 0 Å². The monoisotopic (exact) mass is 204 g/mol. The first-order chi connectivity index (χ1) is 7.31. The molecule has 4 heteroatoms. The molecule has 2 rings (SSSR count). The quantitative estimate of drug-likeness (QED) is 0.702. The van der Waals surface area contributed by atoms with Crippen LogP contribution in [0, 0.1) is 0 Å². The summed E-state index contributed by atoms with van der Waals surface area (Å²) in [6.45, 7) is 2.62. The lowest BCUT2D eigenvalue weighted by Crippen LogP contribution is -2.29. The largest absolute Gasteiger partial charge is 0.448 e. The summed E-state index contributed by atoms with van der Waals surface area (Å²) in [5.41, 5.74) is 2.14. The van der Waals surface area contributed by atoms with E-state index in [0.29, 0.717) is 13.2 Å². The molecule has 1 amide bonds. The number of nitrogens with zero attached hydrogens (tertiary/aromatic N) is 2. The highest BCUT2D eigenvalue weighted by atomic mass is 16.6. The Morgan fingerprint density at radius 2 is 2.33 bits per heavy atom. The molecule has 78 valence electrons. The van der Waals surface area contributed by atoms with Gasteiger partial charge in [-0.25, -0.2) is 4.79 Å². The third-order valence-electron chi connectivity index (χ3n) is 2.19. The molecule has 4 nitrogen and oxygen atoms in total. The molecule has 1 aromatic carbocycles. The number of rotatable bonds is 1. The van der Waals surface area contributed by atoms with Crippen LogP contribution in [-0.4, -0.2) is 23.9 Å². The summed E-state index contributed by atoms with van der Waals surface area (Å²) >= 11 is 0. The summed E-state index contributed by atoms with van der Waals surface area (Å²) in [6.07, 6.45) is 1.28. The molecule has 15 heavy (non-hydrogen) atoms. The van der Waals surface area contributed by atoms with Gasteiger partial charge in [-0.1, -0.05) is 24.3 Å². The van der Waals surface area contributed by atoms with Crippen LogP contribution in [0.4, 0.5) is 4.79 Å². The number of benzene rings is 1. The molecule has 0 unspecified atom stereocenters. The van der Waals surface area contributed by atoms with Crippen LogP contribution < -0.4 is 0 Å². The van der Waals surface area contributed by atoms with Crippen molar-refractivity contribution in [1.29, 1.82) is 0 Å². The van der Waals surface area contributed by atoms with E-state index in [1.54, 1.807) is 13.1 Å². The Kier molecular flexibility index (Phi) is 2.67. The van der Waals surface area contributed by atoms with Gasteiger partial charge in [0.1, 0.15) is 0 Å². The Balaban J connectivity index is 2.15. The molecule has 1 aromatic rings. The van der Waals surface area contributed by atoms with E-state index in [1.165, 1.54) is 5.01 Å². The summed E-state index contributed by atoms with van der Waals surface area (Å²) in [5, 5.41) is 5.35. The van der Waals surface area contributed by atoms with Gasteiger partial charge in [0.05, 0.1) is 19.4 Å². The van der Waals surface area contributed by atoms with E-state index in [9.17, 15) is 4.79 Å². The fraction of sp³-hybridized carbons (Fsp3) is 0.273. The highest BCUT2D eigenvalue weighted by Crippen LogP contribution is 2.15. The molecule has 0 atom stereocenters. The van der Waals surface area contributed by atoms with Crippen LogP contribution in [-0.2, 0) is 11.3 Å². The van der Waals surface area contributed by atoms with Gasteiger partial charge in [0.15, 0.2) is 0 Å². The molecule has 1 aliphatic heterocycles. The lowest BCUT2D eigenvalue weighted by molar-refractivity contribution is 0.105. The Hall–Kier alpha value is -1.84. The highest BCUT2D eigenvalue weighted by molar-refractivity contribution is 5.84. The van der Waals surface area contributed by atoms with Gasteiger partial charge >= 0.3 is 6.09 Å². The van der Waals surface area contributed by atoms with Crippen LogP contribution in [0.25, 0.3) is 0 Å². The standard InChI is InChI=1S/C11H12N2O2/c1-2-15-11(14)13-8-10-6-4-3-5-9(10)7-12-13/h3-7H,2,8H2,1H3. The Labute approximate surface area is 88.2 Å². The normalized spacial score (nSPS) is 13.5. The molecular formula is C11H12N2O2. The van der Waals surface area contributed by atoms with Gasteiger partial charge < -0.3 is 4.74 Å². The first-order valence-corrected chi connectivity index (χ1v) is 4.87. The fourth-order valence-corrected chi connectivity index (χ4v) is 1.45. The molecule has 0 saturated carbocycles. The van der Waals surface area contributed by atoms with Crippen LogP contribution in [0.1, 0.15) is 18.1 Å². The maximum absolute atomic E-state index is 11.4. The van der Waals surface area contributed by atoms with Crippen molar-refractivity contribution >= 4 is 12.3 Å². The maximum Gasteiger partial charge on any atom is 0.430 e. The maximum atomic E-state index is 11.4. The van der Waals surface area contributed by atoms with Crippen molar-refractivity contribution in [3.05, 3.63) is 35.4 Å². The smallest absolute Gasteiger partial charge is 0.430 e. The molecule has 1 aliphatic rings. The highest BCUT2D eigenvalue weighted by Gasteiger charge is 2.18. The van der Waals surface area contributed by atoms with Crippen molar-refractivity contribution in [3.8, 4) is 0 Å². The predicted octanol–water partition coefficient (Wildman–Crippen LogP) is 1.99. The Bertz CT molecular complexity index is 401. The lowest BCUT2D eigenvalue weighted by Gasteiger charge is -2.20. The number of hydrazone groups is 1. The zero-order chi connectivity index (χ0) is 10.7. The Morgan fingerprint density at radius 3 is 3.13 bits per heavy atom. The van der Waals surface area contributed by atoms with E-state index < -0.39 is 6.09 Å². The third-order valence-corrected chi connectivity index (χ3v) is 2.19. The average molecular weight is 204 g/mol. The van der Waals surface area contributed by atoms with Gasteiger partial charge in [0, 0.05) is 0 Å². The summed E-state index contributed by atoms with van der Waals surface area (Å²) < 4.78 is 4.87. The number of ether oxygens (including phenoxy) is 1. The summed E-state index contributed by atoms with van der Waals surface area (Å²) in [5.74, 6) is 0. The molecular weight excluding hydrogens is 192 g/mol. The van der Waals surface area contributed by atoms with E-state index in [0.717, 1.165) is 11.1 Å². The first kappa shape index (κ1) is 9.71. The second kappa shape index (κ2) is 4.13. The van der Waals surface area contributed by atoms with Gasteiger partial charge in [0.2, 0.25) is 0 Å². The number of amides is 1. The second-order valence-corrected chi connectivity index (χ2v) is 3.20. The van der Waals surface area contributed by atoms with Gasteiger partial charge in [-0.2, -0.15) is 10.1 Å². The molecule has 0 bridgehead atoms. The van der Waals surface area contributed by atoms with Crippen LogP contribution >= 0.6 is 0 Å². The summed E-state index contributed by atoms with van der Waals surface area (Å²) in [4.78, 5) is 11.4. The molecule has 0 aromatic heterocycles. The Morgan fingerprint density at radius 1 is 1.53 bits per heavy atom. The number of hydrogen-bond acceptors (Lipinski definition) is 3. The lowest BCUT2D eigenvalue weighted by atomic mass is 10.1. The molecule has 0 radical (unpaired) electrons. The van der Waals surface area contributed by atoms with Crippen molar-refractivity contribution < 1.29 is 9.53 Å². The molecule has 0 N–H and O–H groups in total. The van der Waals surface area contributed by atoms with Gasteiger partial charge in [0.25, 0.3) is 0 Å². The predicted molar refractivity (Wildman–Crippen MR) is 56.6 cm³/mol. The zero-order valence-corrected chi connectivity index (χ0v) is 8.51. The minimum Gasteiger partial charge on any atom is -0.448 e. The van der Waals surface area contributed by atoms with Crippen molar-refractivity contribution in [2.45, 2.75) is 13.5 Å². The number of carbonyl (C=O) groups excluding carboxylic acids is 1. The van der Waals surface area contributed by atoms with E-state index in [1.807, 2.05) is 24.3 Å². The summed E-state index contributed by atoms with van der Waals surface area (Å²) in [6, 6.07) is 7.85. The minimum absolute atomic E-state index is 0.368. The number of carbonyl (C=O) groups is 1. The van der Waals surface area contributed by atoms with Crippen LogP contribution in [0.2, 0.25) is 0 Å². The van der Waals surface area contributed by atoms with Crippen molar-refractivity contribution in [2.75, 3.05) is 6.61 Å².